The van der Waals surface area contributed by atoms with Crippen LogP contribution in [0.5, 0.6) is 0 Å². The van der Waals surface area contributed by atoms with Gasteiger partial charge in [0.05, 0.1) is 13.2 Å². The molecule has 1 heterocycles. The Bertz CT molecular complexity index is 1040. The van der Waals surface area contributed by atoms with Crippen LogP contribution in [0.3, 0.4) is 0 Å². The lowest BCUT2D eigenvalue weighted by molar-refractivity contribution is 0.106. The molecule has 0 spiro atoms. The Labute approximate surface area is 170 Å². The van der Waals surface area contributed by atoms with E-state index in [0.29, 0.717) is 23.9 Å². The summed E-state index contributed by atoms with van der Waals surface area (Å²) in [4.78, 5) is 4.00. The third-order valence-corrected chi connectivity index (χ3v) is 6.00. The summed E-state index contributed by atoms with van der Waals surface area (Å²) < 4.78 is 33.5. The van der Waals surface area contributed by atoms with E-state index in [1.807, 2.05) is 54.6 Å². The first-order valence-electron chi connectivity index (χ1n) is 8.76. The number of aromatic nitrogens is 1. The van der Waals surface area contributed by atoms with E-state index in [1.165, 1.54) is 12.3 Å². The maximum Gasteiger partial charge on any atom is 0.242 e. The highest BCUT2D eigenvalue weighted by Crippen LogP contribution is 2.17. The zero-order valence-corrected chi connectivity index (χ0v) is 17.0. The zero-order chi connectivity index (χ0) is 20.0. The number of halogens is 1. The quantitative estimate of drug-likeness (QED) is 0.558. The van der Waals surface area contributed by atoms with Crippen LogP contribution in [-0.4, -0.2) is 13.4 Å². The van der Waals surface area contributed by atoms with Crippen molar-refractivity contribution in [3.63, 3.8) is 0 Å². The van der Waals surface area contributed by atoms with Crippen LogP contribution in [0.25, 0.3) is 0 Å². The van der Waals surface area contributed by atoms with Gasteiger partial charge in [0.2, 0.25) is 10.0 Å². The SMILES string of the molecule is Cc1cc(S(=O)(=O)NCc2ccccc2COCc2ccccc2)cnc1Cl. The fourth-order valence-corrected chi connectivity index (χ4v) is 3.80. The van der Waals surface area contributed by atoms with Gasteiger partial charge in [-0.2, -0.15) is 0 Å². The molecule has 146 valence electrons. The molecule has 0 aliphatic carbocycles. The Balaban J connectivity index is 1.65. The van der Waals surface area contributed by atoms with Crippen molar-refractivity contribution in [2.24, 2.45) is 0 Å². The van der Waals surface area contributed by atoms with E-state index in [-0.39, 0.29) is 11.4 Å². The molecule has 0 saturated heterocycles. The number of sulfonamides is 1. The molecule has 3 rings (SSSR count). The minimum atomic E-state index is -3.69. The number of ether oxygens (including phenoxy) is 1. The summed E-state index contributed by atoms with van der Waals surface area (Å²) in [5, 5.41) is 0.292. The second kappa shape index (κ2) is 9.30. The topological polar surface area (TPSA) is 68.3 Å². The van der Waals surface area contributed by atoms with Gasteiger partial charge >= 0.3 is 0 Å². The molecule has 1 aromatic heterocycles. The molecule has 0 radical (unpaired) electrons. The Morgan fingerprint density at radius 2 is 1.68 bits per heavy atom. The lowest BCUT2D eigenvalue weighted by atomic mass is 10.1. The molecular formula is C21H21ClN2O3S. The molecule has 0 amide bonds. The number of hydrogen-bond acceptors (Lipinski definition) is 4. The van der Waals surface area contributed by atoms with Crippen molar-refractivity contribution in [2.45, 2.75) is 31.6 Å². The third kappa shape index (κ3) is 5.39. The average Bonchev–Trinajstić information content (AvgIpc) is 2.70. The maximum atomic E-state index is 12.6. The second-order valence-electron chi connectivity index (χ2n) is 6.35. The Morgan fingerprint density at radius 1 is 1.00 bits per heavy atom. The molecule has 0 unspecified atom stereocenters. The second-order valence-corrected chi connectivity index (χ2v) is 8.48. The molecule has 28 heavy (non-hydrogen) atoms. The molecule has 3 aromatic rings. The van der Waals surface area contributed by atoms with E-state index in [1.54, 1.807) is 6.92 Å². The van der Waals surface area contributed by atoms with Gasteiger partial charge in [-0.25, -0.2) is 18.1 Å². The Hall–Kier alpha value is -2.25. The summed E-state index contributed by atoms with van der Waals surface area (Å²) in [6, 6.07) is 19.0. The van der Waals surface area contributed by atoms with Crippen molar-refractivity contribution in [1.29, 1.82) is 0 Å². The van der Waals surface area contributed by atoms with Gasteiger partial charge in [0.25, 0.3) is 0 Å². The molecule has 1 N–H and O–H groups in total. The third-order valence-electron chi connectivity index (χ3n) is 4.24. The van der Waals surface area contributed by atoms with Crippen molar-refractivity contribution in [3.05, 3.63) is 94.3 Å². The Kier molecular flexibility index (Phi) is 6.80. The van der Waals surface area contributed by atoms with Crippen LogP contribution in [-0.2, 0) is 34.5 Å². The van der Waals surface area contributed by atoms with Gasteiger partial charge in [0, 0.05) is 12.7 Å². The summed E-state index contributed by atoms with van der Waals surface area (Å²) in [6.07, 6.45) is 1.26. The normalized spacial score (nSPS) is 11.5. The van der Waals surface area contributed by atoms with Crippen LogP contribution < -0.4 is 4.72 Å². The summed E-state index contributed by atoms with van der Waals surface area (Å²) in [6.45, 7) is 2.77. The van der Waals surface area contributed by atoms with Gasteiger partial charge in [-0.05, 0) is 35.2 Å². The number of pyridine rings is 1. The highest BCUT2D eigenvalue weighted by Gasteiger charge is 2.16. The Morgan fingerprint density at radius 3 is 2.39 bits per heavy atom. The van der Waals surface area contributed by atoms with Crippen LogP contribution >= 0.6 is 11.6 Å². The van der Waals surface area contributed by atoms with E-state index < -0.39 is 10.0 Å². The van der Waals surface area contributed by atoms with Gasteiger partial charge in [0.1, 0.15) is 10.0 Å². The molecule has 0 aliphatic heterocycles. The smallest absolute Gasteiger partial charge is 0.242 e. The van der Waals surface area contributed by atoms with E-state index >= 15 is 0 Å². The predicted molar refractivity (Wildman–Crippen MR) is 109 cm³/mol. The van der Waals surface area contributed by atoms with Gasteiger partial charge in [-0.3, -0.25) is 0 Å². The summed E-state index contributed by atoms with van der Waals surface area (Å²) in [5.74, 6) is 0. The van der Waals surface area contributed by atoms with Gasteiger partial charge < -0.3 is 4.74 Å². The monoisotopic (exact) mass is 416 g/mol. The van der Waals surface area contributed by atoms with Crippen molar-refractivity contribution in [2.75, 3.05) is 0 Å². The van der Waals surface area contributed by atoms with Crippen molar-refractivity contribution in [3.8, 4) is 0 Å². The number of hydrogen-bond donors (Lipinski definition) is 1. The molecule has 0 aliphatic rings. The molecule has 0 bridgehead atoms. The van der Waals surface area contributed by atoms with Crippen LogP contribution in [0, 0.1) is 6.92 Å². The number of nitrogens with zero attached hydrogens (tertiary/aromatic N) is 1. The average molecular weight is 417 g/mol. The number of rotatable bonds is 8. The largest absolute Gasteiger partial charge is 0.372 e. The lowest BCUT2D eigenvalue weighted by Crippen LogP contribution is -2.24. The summed E-state index contributed by atoms with van der Waals surface area (Å²) >= 11 is 5.88. The van der Waals surface area contributed by atoms with Crippen LogP contribution in [0.15, 0.2) is 71.8 Å². The van der Waals surface area contributed by atoms with E-state index in [9.17, 15) is 8.42 Å². The molecule has 5 nitrogen and oxygen atoms in total. The first kappa shape index (κ1) is 20.5. The van der Waals surface area contributed by atoms with Crippen LogP contribution in [0.2, 0.25) is 5.15 Å². The summed E-state index contributed by atoms with van der Waals surface area (Å²) in [5.41, 5.74) is 3.50. The minimum Gasteiger partial charge on any atom is -0.372 e. The van der Waals surface area contributed by atoms with Crippen molar-refractivity contribution >= 4 is 21.6 Å². The van der Waals surface area contributed by atoms with E-state index in [2.05, 4.69) is 9.71 Å². The lowest BCUT2D eigenvalue weighted by Gasteiger charge is -2.12. The fraction of sp³-hybridized carbons (Fsp3) is 0.190. The predicted octanol–water partition coefficient (Wildman–Crippen LogP) is 4.24. The van der Waals surface area contributed by atoms with Crippen molar-refractivity contribution < 1.29 is 13.2 Å². The highest BCUT2D eigenvalue weighted by molar-refractivity contribution is 7.89. The zero-order valence-electron chi connectivity index (χ0n) is 15.4. The van der Waals surface area contributed by atoms with Gasteiger partial charge in [-0.1, -0.05) is 66.2 Å². The molecule has 0 saturated carbocycles. The molecule has 2 aromatic carbocycles. The first-order valence-corrected chi connectivity index (χ1v) is 10.6. The number of benzene rings is 2. The molecule has 7 heteroatoms. The fourth-order valence-electron chi connectivity index (χ4n) is 2.66. The van der Waals surface area contributed by atoms with Crippen LogP contribution in [0.1, 0.15) is 22.3 Å². The van der Waals surface area contributed by atoms with Gasteiger partial charge in [-0.15, -0.1) is 0 Å². The standard InChI is InChI=1S/C21H21ClN2O3S/c1-16-11-20(13-23-21(16)22)28(25,26)24-12-18-9-5-6-10-19(18)15-27-14-17-7-3-2-4-8-17/h2-11,13,24H,12,14-15H2,1H3. The first-order chi connectivity index (χ1) is 13.5. The van der Waals surface area contributed by atoms with E-state index in [4.69, 9.17) is 16.3 Å². The molecule has 0 fully saturated rings. The van der Waals surface area contributed by atoms with Gasteiger partial charge in [0.15, 0.2) is 0 Å². The maximum absolute atomic E-state index is 12.6. The summed E-state index contributed by atoms with van der Waals surface area (Å²) in [7, 11) is -3.69. The number of nitrogens with one attached hydrogen (secondary N) is 1. The van der Waals surface area contributed by atoms with Crippen molar-refractivity contribution in [1.82, 2.24) is 9.71 Å². The minimum absolute atomic E-state index is 0.0900. The highest BCUT2D eigenvalue weighted by atomic mass is 35.5. The van der Waals surface area contributed by atoms with Crippen LogP contribution in [0.4, 0.5) is 0 Å². The number of aryl methyl sites for hydroxylation is 1. The van der Waals surface area contributed by atoms with E-state index in [0.717, 1.165) is 16.7 Å². The molecule has 0 atom stereocenters. The molecular weight excluding hydrogens is 396 g/mol.